The first-order chi connectivity index (χ1) is 10.0. The number of rotatable bonds is 5. The predicted octanol–water partition coefficient (Wildman–Crippen LogP) is 2.19. The molecule has 0 aliphatic rings. The number of hydrogen-bond acceptors (Lipinski definition) is 4. The van der Waals surface area contributed by atoms with Crippen LogP contribution in [0.25, 0.3) is 0 Å². The molecular formula is C15H19F2NO4. The largest absolute Gasteiger partial charge is 0.481 e. The van der Waals surface area contributed by atoms with Gasteiger partial charge in [0.2, 0.25) is 0 Å². The molecule has 0 saturated heterocycles. The summed E-state index contributed by atoms with van der Waals surface area (Å²) in [6.07, 6.45) is -0.511. The molecule has 0 bridgehead atoms. The maximum atomic E-state index is 13.4. The van der Waals surface area contributed by atoms with E-state index in [9.17, 15) is 18.4 Å². The summed E-state index contributed by atoms with van der Waals surface area (Å²) in [4.78, 5) is 23.1. The van der Waals surface area contributed by atoms with E-state index in [1.54, 1.807) is 20.8 Å². The lowest BCUT2D eigenvalue weighted by molar-refractivity contribution is -0.157. The number of aliphatic carboxylic acids is 1. The van der Waals surface area contributed by atoms with Gasteiger partial charge in [0.1, 0.15) is 5.60 Å². The van der Waals surface area contributed by atoms with Gasteiger partial charge in [-0.15, -0.1) is 0 Å². The summed E-state index contributed by atoms with van der Waals surface area (Å²) < 4.78 is 31.6. The molecule has 2 atom stereocenters. The molecule has 3 N–H and O–H groups in total. The standard InChI is InChI=1S/C15H19F2NO4/c1-15(2,3)22-14(21)13(11(18)7-12(19)20)8-4-5-9(16)10(17)6-8/h4-6,11,13H,7,18H2,1-3H3,(H,19,20)/t11-,13?/m1/s1. The van der Waals surface area contributed by atoms with Crippen molar-refractivity contribution in [3.63, 3.8) is 0 Å². The SMILES string of the molecule is CC(C)(C)OC(=O)C(c1ccc(F)c(F)c1)[C@H](N)CC(=O)O. The van der Waals surface area contributed by atoms with E-state index in [4.69, 9.17) is 15.6 Å². The van der Waals surface area contributed by atoms with Gasteiger partial charge in [0.25, 0.3) is 0 Å². The second-order valence-corrected chi connectivity index (χ2v) is 5.95. The van der Waals surface area contributed by atoms with Crippen molar-refractivity contribution in [3.05, 3.63) is 35.4 Å². The number of benzene rings is 1. The van der Waals surface area contributed by atoms with Gasteiger partial charge in [0.15, 0.2) is 11.6 Å². The van der Waals surface area contributed by atoms with Crippen LogP contribution in [0.2, 0.25) is 0 Å². The van der Waals surface area contributed by atoms with Gasteiger partial charge in [-0.3, -0.25) is 9.59 Å². The average Bonchev–Trinajstić information content (AvgIpc) is 2.30. The minimum atomic E-state index is -1.20. The molecule has 7 heteroatoms. The van der Waals surface area contributed by atoms with Crippen molar-refractivity contribution in [3.8, 4) is 0 Å². The second-order valence-electron chi connectivity index (χ2n) is 5.95. The fraction of sp³-hybridized carbons (Fsp3) is 0.467. The summed E-state index contributed by atoms with van der Waals surface area (Å²) in [5.41, 5.74) is 5.01. The van der Waals surface area contributed by atoms with Crippen LogP contribution >= 0.6 is 0 Å². The molecule has 0 radical (unpaired) electrons. The van der Waals surface area contributed by atoms with Crippen molar-refractivity contribution in [2.45, 2.75) is 44.8 Å². The van der Waals surface area contributed by atoms with Crippen molar-refractivity contribution < 1.29 is 28.2 Å². The van der Waals surface area contributed by atoms with Gasteiger partial charge in [-0.25, -0.2) is 8.78 Å². The van der Waals surface area contributed by atoms with E-state index in [1.807, 2.05) is 0 Å². The number of carbonyl (C=O) groups excluding carboxylic acids is 1. The first-order valence-corrected chi connectivity index (χ1v) is 6.66. The molecule has 5 nitrogen and oxygen atoms in total. The molecule has 122 valence electrons. The summed E-state index contributed by atoms with van der Waals surface area (Å²) in [6.45, 7) is 4.90. The van der Waals surface area contributed by atoms with Crippen molar-refractivity contribution in [2.75, 3.05) is 0 Å². The third-order valence-corrected chi connectivity index (χ3v) is 2.80. The Morgan fingerprint density at radius 3 is 2.32 bits per heavy atom. The number of carbonyl (C=O) groups is 2. The Kier molecular flexibility index (Phi) is 5.59. The summed E-state index contributed by atoms with van der Waals surface area (Å²) in [5, 5.41) is 8.83. The number of carboxylic acids is 1. The Hall–Kier alpha value is -2.02. The summed E-state index contributed by atoms with van der Waals surface area (Å²) in [6, 6.07) is 1.74. The van der Waals surface area contributed by atoms with Crippen molar-refractivity contribution in [1.29, 1.82) is 0 Å². The quantitative estimate of drug-likeness (QED) is 0.813. The number of ether oxygens (including phenoxy) is 1. The zero-order valence-corrected chi connectivity index (χ0v) is 12.6. The zero-order chi connectivity index (χ0) is 17.1. The number of esters is 1. The van der Waals surface area contributed by atoms with Gasteiger partial charge in [0.05, 0.1) is 12.3 Å². The predicted molar refractivity (Wildman–Crippen MR) is 75.2 cm³/mol. The smallest absolute Gasteiger partial charge is 0.315 e. The lowest BCUT2D eigenvalue weighted by atomic mass is 9.89. The van der Waals surface area contributed by atoms with Gasteiger partial charge in [0, 0.05) is 6.04 Å². The highest BCUT2D eigenvalue weighted by molar-refractivity contribution is 5.81. The fourth-order valence-electron chi connectivity index (χ4n) is 1.95. The molecule has 0 saturated carbocycles. The van der Waals surface area contributed by atoms with Gasteiger partial charge < -0.3 is 15.6 Å². The minimum absolute atomic E-state index is 0.0712. The van der Waals surface area contributed by atoms with E-state index >= 15 is 0 Å². The first-order valence-electron chi connectivity index (χ1n) is 6.66. The van der Waals surface area contributed by atoms with E-state index in [1.165, 1.54) is 6.07 Å². The second kappa shape index (κ2) is 6.83. The highest BCUT2D eigenvalue weighted by atomic mass is 19.2. The van der Waals surface area contributed by atoms with Crippen LogP contribution in [-0.4, -0.2) is 28.7 Å². The lowest BCUT2D eigenvalue weighted by Gasteiger charge is -2.27. The maximum Gasteiger partial charge on any atom is 0.315 e. The van der Waals surface area contributed by atoms with Crippen LogP contribution in [0.15, 0.2) is 18.2 Å². The van der Waals surface area contributed by atoms with Crippen LogP contribution in [-0.2, 0) is 14.3 Å². The Balaban J connectivity index is 3.17. The lowest BCUT2D eigenvalue weighted by Crippen LogP contribution is -2.39. The number of hydrogen-bond donors (Lipinski definition) is 2. The molecule has 0 aliphatic carbocycles. The molecule has 1 aromatic rings. The van der Waals surface area contributed by atoms with Gasteiger partial charge in [-0.2, -0.15) is 0 Å². The van der Waals surface area contributed by atoms with E-state index < -0.39 is 47.6 Å². The van der Waals surface area contributed by atoms with Crippen LogP contribution in [0.5, 0.6) is 0 Å². The summed E-state index contributed by atoms with van der Waals surface area (Å²) >= 11 is 0. The highest BCUT2D eigenvalue weighted by Gasteiger charge is 2.33. The maximum absolute atomic E-state index is 13.4. The number of nitrogens with two attached hydrogens (primary N) is 1. The summed E-state index contributed by atoms with van der Waals surface area (Å²) in [7, 11) is 0. The van der Waals surface area contributed by atoms with Crippen molar-refractivity contribution in [1.82, 2.24) is 0 Å². The average molecular weight is 315 g/mol. The molecule has 0 aromatic heterocycles. The third kappa shape index (κ3) is 5.07. The summed E-state index contributed by atoms with van der Waals surface area (Å²) in [5.74, 6) is -5.41. The molecule has 0 spiro atoms. The molecule has 1 unspecified atom stereocenters. The van der Waals surface area contributed by atoms with E-state index in [0.717, 1.165) is 12.1 Å². The normalized spacial score (nSPS) is 14.3. The zero-order valence-electron chi connectivity index (χ0n) is 12.6. The molecule has 22 heavy (non-hydrogen) atoms. The fourth-order valence-corrected chi connectivity index (χ4v) is 1.95. The third-order valence-electron chi connectivity index (χ3n) is 2.80. The van der Waals surface area contributed by atoms with Crippen LogP contribution in [0.4, 0.5) is 8.78 Å². The first kappa shape index (κ1) is 18.0. The van der Waals surface area contributed by atoms with Crippen LogP contribution in [0.3, 0.4) is 0 Å². The molecule has 1 rings (SSSR count). The Morgan fingerprint density at radius 1 is 1.27 bits per heavy atom. The Morgan fingerprint density at radius 2 is 1.86 bits per heavy atom. The van der Waals surface area contributed by atoms with Gasteiger partial charge in [-0.05, 0) is 38.5 Å². The molecule has 0 fully saturated rings. The van der Waals surface area contributed by atoms with Crippen molar-refractivity contribution >= 4 is 11.9 Å². The minimum Gasteiger partial charge on any atom is -0.481 e. The van der Waals surface area contributed by atoms with Crippen LogP contribution in [0.1, 0.15) is 38.7 Å². The monoisotopic (exact) mass is 315 g/mol. The topological polar surface area (TPSA) is 89.6 Å². The van der Waals surface area contributed by atoms with Crippen molar-refractivity contribution in [2.24, 2.45) is 5.73 Å². The molecule has 0 heterocycles. The van der Waals surface area contributed by atoms with Gasteiger partial charge >= 0.3 is 11.9 Å². The van der Waals surface area contributed by atoms with Crippen LogP contribution in [0, 0.1) is 11.6 Å². The number of halogens is 2. The molecular weight excluding hydrogens is 296 g/mol. The van der Waals surface area contributed by atoms with E-state index in [-0.39, 0.29) is 5.56 Å². The molecule has 0 aliphatic heterocycles. The van der Waals surface area contributed by atoms with Crippen LogP contribution < -0.4 is 5.73 Å². The Bertz CT molecular complexity index is 569. The van der Waals surface area contributed by atoms with Gasteiger partial charge in [-0.1, -0.05) is 6.07 Å². The van der Waals surface area contributed by atoms with E-state index in [2.05, 4.69) is 0 Å². The molecule has 1 aromatic carbocycles. The molecule has 0 amide bonds. The van der Waals surface area contributed by atoms with E-state index in [0.29, 0.717) is 0 Å². The number of carboxylic acid groups (broad SMARTS) is 1. The Labute approximate surface area is 127 Å². The highest BCUT2D eigenvalue weighted by Crippen LogP contribution is 2.26.